The van der Waals surface area contributed by atoms with Crippen LogP contribution in [0, 0.1) is 5.82 Å². The second kappa shape index (κ2) is 4.82. The molecule has 0 aliphatic carbocycles. The summed E-state index contributed by atoms with van der Waals surface area (Å²) in [5, 5.41) is 0. The van der Waals surface area contributed by atoms with Crippen molar-refractivity contribution in [2.75, 3.05) is 5.73 Å². The van der Waals surface area contributed by atoms with Crippen LogP contribution in [-0.4, -0.2) is 0 Å². The molecule has 0 aliphatic heterocycles. The molecule has 0 fully saturated rings. The van der Waals surface area contributed by atoms with E-state index in [9.17, 15) is 4.39 Å². The standard InChI is InChI=1S/C10H14FN.H3N/c1-3-7-5-6-9(12)10(11)8(7)4-2;/h5-6H,3-4,12H2,1-2H3;1H3. The Morgan fingerprint density at radius 3 is 2.31 bits per heavy atom. The molecule has 0 heterocycles. The summed E-state index contributed by atoms with van der Waals surface area (Å²) in [4.78, 5) is 0. The lowest BCUT2D eigenvalue weighted by Crippen LogP contribution is -2.00. The maximum Gasteiger partial charge on any atom is 0.149 e. The van der Waals surface area contributed by atoms with Gasteiger partial charge in [-0.2, -0.15) is 0 Å². The normalized spacial score (nSPS) is 9.46. The van der Waals surface area contributed by atoms with Crippen LogP contribution < -0.4 is 11.9 Å². The van der Waals surface area contributed by atoms with Crippen molar-refractivity contribution in [2.24, 2.45) is 0 Å². The summed E-state index contributed by atoms with van der Waals surface area (Å²) in [5.74, 6) is -0.239. The maximum atomic E-state index is 13.3. The van der Waals surface area contributed by atoms with Crippen LogP contribution in [0.3, 0.4) is 0 Å². The second-order valence-electron chi connectivity index (χ2n) is 2.81. The Hall–Kier alpha value is -1.09. The Morgan fingerprint density at radius 1 is 1.23 bits per heavy atom. The van der Waals surface area contributed by atoms with Gasteiger partial charge in [0.25, 0.3) is 0 Å². The van der Waals surface area contributed by atoms with E-state index in [1.807, 2.05) is 19.9 Å². The van der Waals surface area contributed by atoms with Crippen LogP contribution >= 0.6 is 0 Å². The Labute approximate surface area is 78.5 Å². The van der Waals surface area contributed by atoms with E-state index in [2.05, 4.69) is 0 Å². The van der Waals surface area contributed by atoms with Gasteiger partial charge in [-0.05, 0) is 30.0 Å². The number of nitrogens with two attached hydrogens (primary N) is 1. The molecule has 1 rings (SSSR count). The topological polar surface area (TPSA) is 61.0 Å². The van der Waals surface area contributed by atoms with E-state index in [0.717, 1.165) is 17.5 Å². The lowest BCUT2D eigenvalue weighted by Gasteiger charge is -2.08. The van der Waals surface area contributed by atoms with Gasteiger partial charge in [0.2, 0.25) is 0 Å². The Bertz CT molecular complexity index is 284. The molecular formula is C10H17FN2. The Morgan fingerprint density at radius 2 is 1.85 bits per heavy atom. The SMILES string of the molecule is CCc1ccc(N)c(F)c1CC.N. The van der Waals surface area contributed by atoms with Gasteiger partial charge in [-0.15, -0.1) is 0 Å². The first-order valence-corrected chi connectivity index (χ1v) is 4.26. The van der Waals surface area contributed by atoms with Crippen LogP contribution in [0.1, 0.15) is 25.0 Å². The van der Waals surface area contributed by atoms with Gasteiger partial charge < -0.3 is 11.9 Å². The highest BCUT2D eigenvalue weighted by Crippen LogP contribution is 2.20. The lowest BCUT2D eigenvalue weighted by molar-refractivity contribution is 0.613. The third kappa shape index (κ3) is 2.18. The van der Waals surface area contributed by atoms with Crippen molar-refractivity contribution < 1.29 is 4.39 Å². The molecule has 0 bridgehead atoms. The van der Waals surface area contributed by atoms with E-state index < -0.39 is 0 Å². The van der Waals surface area contributed by atoms with Crippen molar-refractivity contribution in [3.8, 4) is 0 Å². The van der Waals surface area contributed by atoms with Crippen LogP contribution in [0.25, 0.3) is 0 Å². The van der Waals surface area contributed by atoms with E-state index >= 15 is 0 Å². The molecule has 2 nitrogen and oxygen atoms in total. The number of benzene rings is 1. The zero-order chi connectivity index (χ0) is 9.14. The Kier molecular flexibility index (Phi) is 4.42. The molecule has 13 heavy (non-hydrogen) atoms. The predicted octanol–water partition coefficient (Wildman–Crippen LogP) is 2.69. The van der Waals surface area contributed by atoms with Crippen molar-refractivity contribution in [3.05, 3.63) is 29.1 Å². The molecular weight excluding hydrogens is 167 g/mol. The zero-order valence-corrected chi connectivity index (χ0v) is 8.23. The van der Waals surface area contributed by atoms with Crippen LogP contribution in [0.2, 0.25) is 0 Å². The highest BCUT2D eigenvalue weighted by molar-refractivity contribution is 5.46. The molecule has 1 aromatic rings. The predicted molar refractivity (Wildman–Crippen MR) is 54.6 cm³/mol. The molecule has 3 heteroatoms. The molecule has 0 atom stereocenters. The first-order chi connectivity index (χ1) is 5.70. The van der Waals surface area contributed by atoms with Gasteiger partial charge in [-0.1, -0.05) is 19.9 Å². The van der Waals surface area contributed by atoms with Gasteiger partial charge in [0.1, 0.15) is 5.82 Å². The number of halogens is 1. The van der Waals surface area contributed by atoms with Crippen molar-refractivity contribution in [1.29, 1.82) is 0 Å². The number of nitrogen functional groups attached to an aromatic ring is 1. The minimum absolute atomic E-state index is 0. The highest BCUT2D eigenvalue weighted by atomic mass is 19.1. The molecule has 0 amide bonds. The smallest absolute Gasteiger partial charge is 0.149 e. The highest BCUT2D eigenvalue weighted by Gasteiger charge is 2.07. The first-order valence-electron chi connectivity index (χ1n) is 4.26. The zero-order valence-electron chi connectivity index (χ0n) is 8.23. The van der Waals surface area contributed by atoms with Crippen molar-refractivity contribution >= 4 is 5.69 Å². The number of rotatable bonds is 2. The average Bonchev–Trinajstić information content (AvgIpc) is 2.09. The fourth-order valence-corrected chi connectivity index (χ4v) is 1.39. The summed E-state index contributed by atoms with van der Waals surface area (Å²) in [6.07, 6.45) is 1.57. The van der Waals surface area contributed by atoms with E-state index in [4.69, 9.17) is 5.73 Å². The van der Waals surface area contributed by atoms with E-state index in [0.29, 0.717) is 6.42 Å². The summed E-state index contributed by atoms with van der Waals surface area (Å²) < 4.78 is 13.3. The van der Waals surface area contributed by atoms with Gasteiger partial charge in [0.15, 0.2) is 0 Å². The fraction of sp³-hybridized carbons (Fsp3) is 0.400. The molecule has 0 unspecified atom stereocenters. The van der Waals surface area contributed by atoms with Gasteiger partial charge in [-0.3, -0.25) is 0 Å². The molecule has 0 radical (unpaired) electrons. The quantitative estimate of drug-likeness (QED) is 0.694. The van der Waals surface area contributed by atoms with Gasteiger partial charge in [0.05, 0.1) is 5.69 Å². The number of hydrogen-bond acceptors (Lipinski definition) is 2. The third-order valence-electron chi connectivity index (χ3n) is 2.10. The largest absolute Gasteiger partial charge is 0.396 e. The number of aryl methyl sites for hydroxylation is 1. The van der Waals surface area contributed by atoms with Gasteiger partial charge in [0, 0.05) is 0 Å². The summed E-state index contributed by atoms with van der Waals surface area (Å²) in [6.45, 7) is 3.96. The molecule has 0 saturated heterocycles. The molecule has 74 valence electrons. The summed E-state index contributed by atoms with van der Waals surface area (Å²) >= 11 is 0. The van der Waals surface area contributed by atoms with E-state index in [-0.39, 0.29) is 17.7 Å². The molecule has 1 aromatic carbocycles. The second-order valence-corrected chi connectivity index (χ2v) is 2.81. The molecule has 5 N–H and O–H groups in total. The number of hydrogen-bond donors (Lipinski definition) is 2. The van der Waals surface area contributed by atoms with Gasteiger partial charge in [-0.25, -0.2) is 4.39 Å². The minimum Gasteiger partial charge on any atom is -0.396 e. The van der Waals surface area contributed by atoms with Crippen LogP contribution in [-0.2, 0) is 12.8 Å². The third-order valence-corrected chi connectivity index (χ3v) is 2.10. The van der Waals surface area contributed by atoms with E-state index in [1.54, 1.807) is 6.07 Å². The van der Waals surface area contributed by atoms with Crippen molar-refractivity contribution in [3.63, 3.8) is 0 Å². The maximum absolute atomic E-state index is 13.3. The van der Waals surface area contributed by atoms with Crippen molar-refractivity contribution in [1.82, 2.24) is 6.15 Å². The molecule has 0 aliphatic rings. The molecule has 0 spiro atoms. The lowest BCUT2D eigenvalue weighted by atomic mass is 10.0. The average molecular weight is 184 g/mol. The summed E-state index contributed by atoms with van der Waals surface area (Å²) in [7, 11) is 0. The molecule has 0 aromatic heterocycles. The molecule has 0 saturated carbocycles. The first kappa shape index (κ1) is 11.9. The fourth-order valence-electron chi connectivity index (χ4n) is 1.39. The van der Waals surface area contributed by atoms with Crippen LogP contribution in [0.15, 0.2) is 12.1 Å². The van der Waals surface area contributed by atoms with Crippen LogP contribution in [0.5, 0.6) is 0 Å². The summed E-state index contributed by atoms with van der Waals surface area (Å²) in [6, 6.07) is 3.53. The minimum atomic E-state index is -0.239. The monoisotopic (exact) mass is 184 g/mol. The Balaban J connectivity index is 0.00000144. The number of anilines is 1. The van der Waals surface area contributed by atoms with Crippen LogP contribution in [0.4, 0.5) is 10.1 Å². The van der Waals surface area contributed by atoms with Gasteiger partial charge >= 0.3 is 0 Å². The van der Waals surface area contributed by atoms with E-state index in [1.165, 1.54) is 0 Å². The summed E-state index contributed by atoms with van der Waals surface area (Å²) in [5.41, 5.74) is 7.52. The van der Waals surface area contributed by atoms with Crippen molar-refractivity contribution in [2.45, 2.75) is 26.7 Å².